The number of carbonyl (C=O) groups excluding carboxylic acids is 3. The minimum absolute atomic E-state index is 0.00376. The first-order valence-electron chi connectivity index (χ1n) is 9.78. The summed E-state index contributed by atoms with van der Waals surface area (Å²) >= 11 is 0. The fraction of sp³-hybridized carbons (Fsp3) is 0.304. The third-order valence-electron chi connectivity index (χ3n) is 4.79. The van der Waals surface area contributed by atoms with E-state index in [1.165, 1.54) is 5.01 Å². The highest BCUT2D eigenvalue weighted by atomic mass is 16.5. The largest absolute Gasteiger partial charge is 0.457 e. The molecule has 0 aromatic heterocycles. The number of hydrogen-bond acceptors (Lipinski definition) is 5. The second-order valence-corrected chi connectivity index (χ2v) is 6.81. The fourth-order valence-corrected chi connectivity index (χ4v) is 3.04. The zero-order valence-corrected chi connectivity index (χ0v) is 16.5. The SMILES string of the molecule is CCc1ccc(C(=O)COC(=O)CCC(=O)N2CCC(c3ccccc3)=N2)cc1. The van der Waals surface area contributed by atoms with Crippen LogP contribution in [0.1, 0.15) is 47.7 Å². The maximum atomic E-state index is 12.3. The molecule has 29 heavy (non-hydrogen) atoms. The number of nitrogens with zero attached hydrogens (tertiary/aromatic N) is 2. The molecule has 0 saturated carbocycles. The van der Waals surface area contributed by atoms with Gasteiger partial charge < -0.3 is 4.74 Å². The highest BCUT2D eigenvalue weighted by molar-refractivity contribution is 6.02. The summed E-state index contributed by atoms with van der Waals surface area (Å²) < 4.78 is 5.02. The molecule has 0 spiro atoms. The van der Waals surface area contributed by atoms with Crippen molar-refractivity contribution >= 4 is 23.4 Å². The number of esters is 1. The Labute approximate surface area is 170 Å². The van der Waals surface area contributed by atoms with Crippen LogP contribution in [0, 0.1) is 0 Å². The molecule has 0 fully saturated rings. The molecule has 0 atom stereocenters. The quantitative estimate of drug-likeness (QED) is 0.510. The minimum atomic E-state index is -0.566. The maximum Gasteiger partial charge on any atom is 0.306 e. The molecule has 0 saturated heterocycles. The van der Waals surface area contributed by atoms with Crippen LogP contribution in [-0.4, -0.2) is 41.5 Å². The predicted molar refractivity (Wildman–Crippen MR) is 110 cm³/mol. The molecule has 2 aromatic carbocycles. The van der Waals surface area contributed by atoms with Gasteiger partial charge in [-0.3, -0.25) is 14.4 Å². The van der Waals surface area contributed by atoms with Crippen molar-refractivity contribution in [1.29, 1.82) is 0 Å². The Kier molecular flexibility index (Phi) is 6.89. The Hall–Kier alpha value is -3.28. The Morgan fingerprint density at radius 3 is 2.41 bits per heavy atom. The predicted octanol–water partition coefficient (Wildman–Crippen LogP) is 3.39. The standard InChI is InChI=1S/C23H24N2O4/c1-2-17-8-10-19(11-9-17)21(26)16-29-23(28)13-12-22(27)25-15-14-20(24-25)18-6-4-3-5-7-18/h3-11H,2,12-16H2,1H3. The average molecular weight is 392 g/mol. The number of amides is 1. The smallest absolute Gasteiger partial charge is 0.306 e. The molecule has 1 aliphatic rings. The Bertz CT molecular complexity index is 904. The molecule has 2 aromatic rings. The first-order valence-corrected chi connectivity index (χ1v) is 9.78. The normalized spacial score (nSPS) is 13.1. The van der Waals surface area contributed by atoms with Crippen molar-refractivity contribution in [1.82, 2.24) is 5.01 Å². The number of ether oxygens (including phenoxy) is 1. The number of Topliss-reactive ketones (excluding diaryl/α,β-unsaturated/α-hetero) is 1. The number of hydrazone groups is 1. The van der Waals surface area contributed by atoms with Gasteiger partial charge in [-0.1, -0.05) is 61.5 Å². The van der Waals surface area contributed by atoms with Crippen molar-refractivity contribution in [3.8, 4) is 0 Å². The molecule has 6 heteroatoms. The second kappa shape index (κ2) is 9.78. The van der Waals surface area contributed by atoms with Crippen LogP contribution in [0.25, 0.3) is 0 Å². The lowest BCUT2D eigenvalue weighted by atomic mass is 10.1. The van der Waals surface area contributed by atoms with E-state index < -0.39 is 5.97 Å². The van der Waals surface area contributed by atoms with Crippen LogP contribution in [0.2, 0.25) is 0 Å². The number of rotatable bonds is 8. The Balaban J connectivity index is 1.42. The molecule has 0 aliphatic carbocycles. The first kappa shape index (κ1) is 20.5. The molecule has 6 nitrogen and oxygen atoms in total. The maximum absolute atomic E-state index is 12.3. The number of aryl methyl sites for hydroxylation is 1. The Morgan fingerprint density at radius 2 is 1.72 bits per heavy atom. The van der Waals surface area contributed by atoms with Gasteiger partial charge in [0.05, 0.1) is 18.7 Å². The van der Waals surface area contributed by atoms with Gasteiger partial charge in [0, 0.05) is 18.4 Å². The van der Waals surface area contributed by atoms with E-state index in [2.05, 4.69) is 5.10 Å². The van der Waals surface area contributed by atoms with Gasteiger partial charge in [0.1, 0.15) is 0 Å². The average Bonchev–Trinajstić information content (AvgIpc) is 3.27. The third kappa shape index (κ3) is 5.60. The molecular formula is C23H24N2O4. The van der Waals surface area contributed by atoms with E-state index in [0.717, 1.165) is 23.3 Å². The zero-order chi connectivity index (χ0) is 20.6. The van der Waals surface area contributed by atoms with Crippen LogP contribution in [0.3, 0.4) is 0 Å². The van der Waals surface area contributed by atoms with Crippen molar-refractivity contribution in [2.24, 2.45) is 5.10 Å². The summed E-state index contributed by atoms with van der Waals surface area (Å²) in [4.78, 5) is 36.3. The van der Waals surface area contributed by atoms with Crippen molar-refractivity contribution < 1.29 is 19.1 Å². The molecule has 1 heterocycles. The van der Waals surface area contributed by atoms with Gasteiger partial charge >= 0.3 is 5.97 Å². The van der Waals surface area contributed by atoms with Crippen LogP contribution in [0.15, 0.2) is 59.7 Å². The van der Waals surface area contributed by atoms with Gasteiger partial charge in [0.2, 0.25) is 5.91 Å². The van der Waals surface area contributed by atoms with Gasteiger partial charge in [0.15, 0.2) is 12.4 Å². The Morgan fingerprint density at radius 1 is 1.00 bits per heavy atom. The summed E-state index contributed by atoms with van der Waals surface area (Å²) in [5.74, 6) is -1.05. The van der Waals surface area contributed by atoms with Crippen LogP contribution < -0.4 is 0 Å². The molecule has 1 amide bonds. The highest BCUT2D eigenvalue weighted by Crippen LogP contribution is 2.15. The van der Waals surface area contributed by atoms with Gasteiger partial charge in [-0.05, 0) is 17.5 Å². The van der Waals surface area contributed by atoms with E-state index in [1.54, 1.807) is 12.1 Å². The second-order valence-electron chi connectivity index (χ2n) is 6.81. The van der Waals surface area contributed by atoms with E-state index in [9.17, 15) is 14.4 Å². The van der Waals surface area contributed by atoms with Crippen LogP contribution >= 0.6 is 0 Å². The van der Waals surface area contributed by atoms with Crippen molar-refractivity contribution in [3.63, 3.8) is 0 Å². The van der Waals surface area contributed by atoms with E-state index in [4.69, 9.17) is 4.74 Å². The summed E-state index contributed by atoms with van der Waals surface area (Å²) in [6.45, 7) is 2.22. The van der Waals surface area contributed by atoms with E-state index >= 15 is 0 Å². The topological polar surface area (TPSA) is 76.0 Å². The van der Waals surface area contributed by atoms with Crippen molar-refractivity contribution in [3.05, 3.63) is 71.3 Å². The van der Waals surface area contributed by atoms with E-state index in [1.807, 2.05) is 49.4 Å². The molecule has 3 rings (SSSR count). The van der Waals surface area contributed by atoms with Gasteiger partial charge in [-0.15, -0.1) is 0 Å². The molecule has 0 bridgehead atoms. The van der Waals surface area contributed by atoms with Crippen molar-refractivity contribution in [2.75, 3.05) is 13.2 Å². The first-order chi connectivity index (χ1) is 14.1. The zero-order valence-electron chi connectivity index (χ0n) is 16.5. The third-order valence-corrected chi connectivity index (χ3v) is 4.79. The molecule has 0 radical (unpaired) electrons. The summed E-state index contributed by atoms with van der Waals surface area (Å²) in [6.07, 6.45) is 1.51. The minimum Gasteiger partial charge on any atom is -0.457 e. The number of hydrogen-bond donors (Lipinski definition) is 0. The monoisotopic (exact) mass is 392 g/mol. The van der Waals surface area contributed by atoms with Gasteiger partial charge in [-0.25, -0.2) is 5.01 Å². The van der Waals surface area contributed by atoms with Gasteiger partial charge in [-0.2, -0.15) is 5.10 Å². The lowest BCUT2D eigenvalue weighted by Gasteiger charge is -2.11. The van der Waals surface area contributed by atoms with Crippen LogP contribution in [0.4, 0.5) is 0 Å². The number of benzene rings is 2. The van der Waals surface area contributed by atoms with E-state index in [0.29, 0.717) is 18.5 Å². The van der Waals surface area contributed by atoms with Crippen LogP contribution in [-0.2, 0) is 20.7 Å². The van der Waals surface area contributed by atoms with Crippen LogP contribution in [0.5, 0.6) is 0 Å². The number of ketones is 1. The lowest BCUT2D eigenvalue weighted by Crippen LogP contribution is -2.24. The summed E-state index contributed by atoms with van der Waals surface area (Å²) in [7, 11) is 0. The van der Waals surface area contributed by atoms with Crippen molar-refractivity contribution in [2.45, 2.75) is 32.6 Å². The lowest BCUT2D eigenvalue weighted by molar-refractivity contribution is -0.145. The fourth-order valence-electron chi connectivity index (χ4n) is 3.04. The molecule has 150 valence electrons. The summed E-state index contributed by atoms with van der Waals surface area (Å²) in [5, 5.41) is 5.76. The van der Waals surface area contributed by atoms with Gasteiger partial charge in [0.25, 0.3) is 0 Å². The highest BCUT2D eigenvalue weighted by Gasteiger charge is 2.22. The summed E-state index contributed by atoms with van der Waals surface area (Å²) in [6, 6.07) is 16.9. The molecule has 1 aliphatic heterocycles. The number of carbonyl (C=O) groups is 3. The molecule has 0 unspecified atom stereocenters. The molecular weight excluding hydrogens is 368 g/mol. The van der Waals surface area contributed by atoms with E-state index in [-0.39, 0.29) is 31.1 Å². The summed E-state index contributed by atoms with van der Waals surface area (Å²) in [5.41, 5.74) is 3.50. The molecule has 0 N–H and O–H groups in total.